The van der Waals surface area contributed by atoms with Gasteiger partial charge in [0.2, 0.25) is 10.0 Å². The Morgan fingerprint density at radius 3 is 2.46 bits per heavy atom. The van der Waals surface area contributed by atoms with E-state index >= 15 is 0 Å². The van der Waals surface area contributed by atoms with Crippen LogP contribution in [0.4, 0.5) is 4.39 Å². The molecule has 0 bridgehead atoms. The van der Waals surface area contributed by atoms with Gasteiger partial charge in [0.1, 0.15) is 12.4 Å². The molecule has 8 heteroatoms. The molecular weight excluding hydrogens is 337 g/mol. The lowest BCUT2D eigenvalue weighted by molar-refractivity contribution is -0.133. The van der Waals surface area contributed by atoms with E-state index in [-0.39, 0.29) is 16.2 Å². The highest BCUT2D eigenvalue weighted by Gasteiger charge is 2.19. The molecule has 128 valence electrons. The zero-order valence-electron chi connectivity index (χ0n) is 13.1. The minimum atomic E-state index is -3.96. The molecule has 6 nitrogen and oxygen atoms in total. The Balaban J connectivity index is 2.05. The lowest BCUT2D eigenvalue weighted by atomic mass is 10.2. The standard InChI is InChI=1S/C16H16FNO5S/c1-11-9-12(17)7-8-15(11)24(20,21)18-10-16(19)23-14-6-4-3-5-13(14)22-2/h3-9,18H,10H2,1-2H3. The van der Waals surface area contributed by atoms with Crippen LogP contribution in [0.15, 0.2) is 47.4 Å². The van der Waals surface area contributed by atoms with E-state index in [1.807, 2.05) is 0 Å². The minimum absolute atomic E-state index is 0.103. The Hall–Kier alpha value is -2.45. The van der Waals surface area contributed by atoms with Gasteiger partial charge in [-0.2, -0.15) is 4.72 Å². The summed E-state index contributed by atoms with van der Waals surface area (Å²) >= 11 is 0. The third-order valence-corrected chi connectivity index (χ3v) is 4.69. The van der Waals surface area contributed by atoms with Crippen LogP contribution in [-0.4, -0.2) is 28.0 Å². The minimum Gasteiger partial charge on any atom is -0.493 e. The molecule has 0 unspecified atom stereocenters. The Morgan fingerprint density at radius 2 is 1.83 bits per heavy atom. The maximum Gasteiger partial charge on any atom is 0.326 e. The predicted molar refractivity (Wildman–Crippen MR) is 85.0 cm³/mol. The molecule has 0 fully saturated rings. The van der Waals surface area contributed by atoms with Crippen molar-refractivity contribution in [3.63, 3.8) is 0 Å². The van der Waals surface area contributed by atoms with Crippen LogP contribution in [0.2, 0.25) is 0 Å². The van der Waals surface area contributed by atoms with Gasteiger partial charge in [0.25, 0.3) is 0 Å². The first-order valence-corrected chi connectivity index (χ1v) is 8.41. The molecule has 0 aliphatic heterocycles. The largest absolute Gasteiger partial charge is 0.493 e. The number of hydrogen-bond acceptors (Lipinski definition) is 5. The molecule has 0 amide bonds. The van der Waals surface area contributed by atoms with Crippen molar-refractivity contribution in [2.45, 2.75) is 11.8 Å². The Morgan fingerprint density at radius 1 is 1.17 bits per heavy atom. The van der Waals surface area contributed by atoms with Crippen LogP contribution in [0.3, 0.4) is 0 Å². The molecule has 0 aromatic heterocycles. The third-order valence-electron chi connectivity index (χ3n) is 3.13. The number of esters is 1. The summed E-state index contributed by atoms with van der Waals surface area (Å²) < 4.78 is 49.6. The van der Waals surface area contributed by atoms with Gasteiger partial charge >= 0.3 is 5.97 Å². The van der Waals surface area contributed by atoms with Crippen molar-refractivity contribution in [2.75, 3.05) is 13.7 Å². The number of halogens is 1. The van der Waals surface area contributed by atoms with Crippen molar-refractivity contribution in [3.8, 4) is 11.5 Å². The molecule has 0 aliphatic carbocycles. The highest BCUT2D eigenvalue weighted by Crippen LogP contribution is 2.25. The van der Waals surface area contributed by atoms with E-state index in [4.69, 9.17) is 9.47 Å². The van der Waals surface area contributed by atoms with Crippen molar-refractivity contribution < 1.29 is 27.1 Å². The molecule has 2 aromatic rings. The number of carbonyl (C=O) groups is 1. The van der Waals surface area contributed by atoms with Crippen LogP contribution in [0.1, 0.15) is 5.56 Å². The van der Waals surface area contributed by atoms with Gasteiger partial charge in [0, 0.05) is 0 Å². The average Bonchev–Trinajstić information content (AvgIpc) is 2.53. The fourth-order valence-electron chi connectivity index (χ4n) is 2.01. The first-order valence-electron chi connectivity index (χ1n) is 6.93. The molecule has 0 saturated heterocycles. The second kappa shape index (κ2) is 7.41. The van der Waals surface area contributed by atoms with Crippen molar-refractivity contribution in [1.29, 1.82) is 0 Å². The van der Waals surface area contributed by atoms with Crippen molar-refractivity contribution in [2.24, 2.45) is 0 Å². The van der Waals surface area contributed by atoms with E-state index in [1.54, 1.807) is 18.2 Å². The summed E-state index contributed by atoms with van der Waals surface area (Å²) in [6, 6.07) is 9.76. The Labute approximate surface area is 139 Å². The normalized spacial score (nSPS) is 11.1. The number of nitrogens with one attached hydrogen (secondary N) is 1. The van der Waals surface area contributed by atoms with Crippen LogP contribution in [-0.2, 0) is 14.8 Å². The van der Waals surface area contributed by atoms with E-state index in [9.17, 15) is 17.6 Å². The highest BCUT2D eigenvalue weighted by molar-refractivity contribution is 7.89. The Kier molecular flexibility index (Phi) is 5.53. The predicted octanol–water partition coefficient (Wildman–Crippen LogP) is 2.03. The monoisotopic (exact) mass is 353 g/mol. The highest BCUT2D eigenvalue weighted by atomic mass is 32.2. The van der Waals surface area contributed by atoms with Gasteiger partial charge in [-0.05, 0) is 42.8 Å². The number of para-hydroxylation sites is 2. The van der Waals surface area contributed by atoms with E-state index in [0.717, 1.165) is 18.2 Å². The topological polar surface area (TPSA) is 81.7 Å². The van der Waals surface area contributed by atoms with Crippen molar-refractivity contribution in [3.05, 3.63) is 53.8 Å². The second-order valence-corrected chi connectivity index (χ2v) is 6.59. The summed E-state index contributed by atoms with van der Waals surface area (Å²) in [7, 11) is -2.54. The van der Waals surface area contributed by atoms with E-state index in [2.05, 4.69) is 4.72 Å². The number of hydrogen-bond donors (Lipinski definition) is 1. The second-order valence-electron chi connectivity index (χ2n) is 4.86. The zero-order chi connectivity index (χ0) is 17.7. The third kappa shape index (κ3) is 4.30. The number of rotatable bonds is 6. The molecular formula is C16H16FNO5S. The molecule has 0 radical (unpaired) electrons. The van der Waals surface area contributed by atoms with Crippen LogP contribution in [0.25, 0.3) is 0 Å². The van der Waals surface area contributed by atoms with Crippen LogP contribution in [0.5, 0.6) is 11.5 Å². The number of sulfonamides is 1. The van der Waals surface area contributed by atoms with Gasteiger partial charge in [-0.25, -0.2) is 12.8 Å². The average molecular weight is 353 g/mol. The zero-order valence-corrected chi connectivity index (χ0v) is 13.9. The van der Waals surface area contributed by atoms with Gasteiger partial charge in [0.05, 0.1) is 12.0 Å². The van der Waals surface area contributed by atoms with Crippen LogP contribution in [0, 0.1) is 12.7 Å². The fourth-order valence-corrected chi connectivity index (χ4v) is 3.20. The Bertz CT molecular complexity index is 851. The maximum absolute atomic E-state index is 13.1. The van der Waals surface area contributed by atoms with Gasteiger partial charge < -0.3 is 9.47 Å². The first-order chi connectivity index (χ1) is 11.3. The molecule has 0 spiro atoms. The van der Waals surface area contributed by atoms with Gasteiger partial charge in [-0.3, -0.25) is 4.79 Å². The molecule has 0 saturated carbocycles. The fraction of sp³-hybridized carbons (Fsp3) is 0.188. The van der Waals surface area contributed by atoms with E-state index in [1.165, 1.54) is 20.1 Å². The van der Waals surface area contributed by atoms with Crippen molar-refractivity contribution in [1.82, 2.24) is 4.72 Å². The summed E-state index contributed by atoms with van der Waals surface area (Å²) in [6.07, 6.45) is 0. The summed E-state index contributed by atoms with van der Waals surface area (Å²) in [5.74, 6) is -0.810. The smallest absolute Gasteiger partial charge is 0.326 e. The molecule has 0 atom stereocenters. The SMILES string of the molecule is COc1ccccc1OC(=O)CNS(=O)(=O)c1ccc(F)cc1C. The van der Waals surface area contributed by atoms with Gasteiger partial charge in [-0.15, -0.1) is 0 Å². The lowest BCUT2D eigenvalue weighted by Gasteiger charge is -2.11. The quantitative estimate of drug-likeness (QED) is 0.635. The molecule has 1 N–H and O–H groups in total. The number of aryl methyl sites for hydroxylation is 1. The lowest BCUT2D eigenvalue weighted by Crippen LogP contribution is -2.32. The van der Waals surface area contributed by atoms with Crippen molar-refractivity contribution >= 4 is 16.0 Å². The summed E-state index contributed by atoms with van der Waals surface area (Å²) in [5.41, 5.74) is 0.237. The first kappa shape index (κ1) is 17.9. The maximum atomic E-state index is 13.1. The van der Waals surface area contributed by atoms with E-state index in [0.29, 0.717) is 5.75 Å². The summed E-state index contributed by atoms with van der Waals surface area (Å²) in [4.78, 5) is 11.7. The molecule has 24 heavy (non-hydrogen) atoms. The molecule has 2 rings (SSSR count). The number of carbonyl (C=O) groups excluding carboxylic acids is 1. The molecule has 0 aliphatic rings. The van der Waals surface area contributed by atoms with Gasteiger partial charge in [-0.1, -0.05) is 12.1 Å². The molecule has 0 heterocycles. The van der Waals surface area contributed by atoms with E-state index < -0.39 is 28.4 Å². The summed E-state index contributed by atoms with van der Waals surface area (Å²) in [5, 5.41) is 0. The molecule has 2 aromatic carbocycles. The van der Waals surface area contributed by atoms with Crippen LogP contribution >= 0.6 is 0 Å². The van der Waals surface area contributed by atoms with Crippen LogP contribution < -0.4 is 14.2 Å². The van der Waals surface area contributed by atoms with Gasteiger partial charge in [0.15, 0.2) is 11.5 Å². The number of ether oxygens (including phenoxy) is 2. The number of methoxy groups -OCH3 is 1. The summed E-state index contributed by atoms with van der Waals surface area (Å²) in [6.45, 7) is 0.891. The number of benzene rings is 2.